The van der Waals surface area contributed by atoms with E-state index in [0.717, 1.165) is 5.56 Å². The van der Waals surface area contributed by atoms with Gasteiger partial charge in [0, 0.05) is 11.6 Å². The Kier molecular flexibility index (Phi) is 5.44. The van der Waals surface area contributed by atoms with Crippen molar-refractivity contribution >= 4 is 17.5 Å². The second kappa shape index (κ2) is 6.61. The molecule has 100 valence electrons. The minimum Gasteiger partial charge on any atom is -0.481 e. The zero-order valence-electron chi connectivity index (χ0n) is 10.7. The second-order valence-corrected chi connectivity index (χ2v) is 4.67. The molecular formula is C13H18ClNO3. The van der Waals surface area contributed by atoms with E-state index in [4.69, 9.17) is 21.4 Å². The predicted molar refractivity (Wildman–Crippen MR) is 71.0 cm³/mol. The third-order valence-electron chi connectivity index (χ3n) is 2.38. The van der Waals surface area contributed by atoms with E-state index in [1.54, 1.807) is 32.0 Å². The summed E-state index contributed by atoms with van der Waals surface area (Å²) in [6, 6.07) is 5.22. The molecule has 0 saturated heterocycles. The van der Waals surface area contributed by atoms with Crippen molar-refractivity contribution in [2.75, 3.05) is 6.54 Å². The van der Waals surface area contributed by atoms with Gasteiger partial charge in [-0.25, -0.2) is 0 Å². The molecule has 2 atom stereocenters. The molecule has 2 N–H and O–H groups in total. The Balaban J connectivity index is 2.55. The van der Waals surface area contributed by atoms with Crippen LogP contribution in [0.5, 0.6) is 5.75 Å². The van der Waals surface area contributed by atoms with Gasteiger partial charge in [0.05, 0.1) is 6.10 Å². The van der Waals surface area contributed by atoms with E-state index in [-0.39, 0.29) is 12.5 Å². The summed E-state index contributed by atoms with van der Waals surface area (Å²) in [6.45, 7) is 5.34. The van der Waals surface area contributed by atoms with E-state index in [0.29, 0.717) is 10.8 Å². The van der Waals surface area contributed by atoms with E-state index in [2.05, 4.69) is 5.32 Å². The van der Waals surface area contributed by atoms with Crippen molar-refractivity contribution in [2.45, 2.75) is 33.0 Å². The number of carbonyl (C=O) groups is 1. The number of benzene rings is 1. The molecule has 18 heavy (non-hydrogen) atoms. The highest BCUT2D eigenvalue weighted by molar-refractivity contribution is 6.31. The van der Waals surface area contributed by atoms with E-state index >= 15 is 0 Å². The van der Waals surface area contributed by atoms with Gasteiger partial charge in [0.25, 0.3) is 5.91 Å². The van der Waals surface area contributed by atoms with Crippen molar-refractivity contribution in [3.63, 3.8) is 0 Å². The van der Waals surface area contributed by atoms with Crippen molar-refractivity contribution in [1.29, 1.82) is 0 Å². The Morgan fingerprint density at radius 1 is 1.50 bits per heavy atom. The molecule has 0 spiro atoms. The molecule has 0 bridgehead atoms. The van der Waals surface area contributed by atoms with Crippen LogP contribution in [0.25, 0.3) is 0 Å². The van der Waals surface area contributed by atoms with Crippen molar-refractivity contribution in [3.8, 4) is 5.75 Å². The Morgan fingerprint density at radius 3 is 2.72 bits per heavy atom. The van der Waals surface area contributed by atoms with Crippen LogP contribution in [-0.4, -0.2) is 29.8 Å². The number of ether oxygens (including phenoxy) is 1. The maximum Gasteiger partial charge on any atom is 0.260 e. The quantitative estimate of drug-likeness (QED) is 0.860. The monoisotopic (exact) mass is 271 g/mol. The molecule has 1 rings (SSSR count). The number of aliphatic hydroxyl groups is 1. The lowest BCUT2D eigenvalue weighted by molar-refractivity contribution is -0.127. The van der Waals surface area contributed by atoms with Gasteiger partial charge in [-0.05, 0) is 44.5 Å². The van der Waals surface area contributed by atoms with Crippen LogP contribution in [0, 0.1) is 6.92 Å². The molecule has 0 aromatic heterocycles. The Hall–Kier alpha value is -1.26. The Bertz CT molecular complexity index is 421. The van der Waals surface area contributed by atoms with Gasteiger partial charge >= 0.3 is 0 Å². The largest absolute Gasteiger partial charge is 0.481 e. The first-order valence-corrected chi connectivity index (χ1v) is 6.16. The number of nitrogens with one attached hydrogen (secondary N) is 1. The first-order valence-electron chi connectivity index (χ1n) is 5.78. The topological polar surface area (TPSA) is 58.6 Å². The fraction of sp³-hybridized carbons (Fsp3) is 0.462. The molecule has 0 aliphatic rings. The number of hydrogen-bond donors (Lipinski definition) is 2. The first-order chi connectivity index (χ1) is 8.40. The highest BCUT2D eigenvalue weighted by Gasteiger charge is 2.15. The minimum atomic E-state index is -0.621. The van der Waals surface area contributed by atoms with Gasteiger partial charge in [0.15, 0.2) is 6.10 Å². The standard InChI is InChI=1S/C13H18ClNO3/c1-8-6-11(4-5-12(8)14)18-10(3)13(17)15-7-9(2)16/h4-6,9-10,16H,7H2,1-3H3,(H,15,17). The number of amides is 1. The van der Waals surface area contributed by atoms with Crippen LogP contribution >= 0.6 is 11.6 Å². The third-order valence-corrected chi connectivity index (χ3v) is 2.81. The van der Waals surface area contributed by atoms with Crippen LogP contribution in [0.1, 0.15) is 19.4 Å². The molecule has 0 radical (unpaired) electrons. The average molecular weight is 272 g/mol. The third kappa shape index (κ3) is 4.55. The van der Waals surface area contributed by atoms with E-state index in [9.17, 15) is 4.79 Å². The Labute approximate surface area is 112 Å². The van der Waals surface area contributed by atoms with Crippen LogP contribution in [-0.2, 0) is 4.79 Å². The lowest BCUT2D eigenvalue weighted by Crippen LogP contribution is -2.39. The zero-order chi connectivity index (χ0) is 13.7. The van der Waals surface area contributed by atoms with E-state index in [1.807, 2.05) is 6.92 Å². The fourth-order valence-corrected chi connectivity index (χ4v) is 1.46. The van der Waals surface area contributed by atoms with E-state index < -0.39 is 12.2 Å². The normalized spacial score (nSPS) is 13.8. The number of carbonyl (C=O) groups excluding carboxylic acids is 1. The predicted octanol–water partition coefficient (Wildman–Crippen LogP) is 1.91. The van der Waals surface area contributed by atoms with Crippen LogP contribution in [0.4, 0.5) is 0 Å². The van der Waals surface area contributed by atoms with Crippen LogP contribution < -0.4 is 10.1 Å². The van der Waals surface area contributed by atoms with Crippen molar-refractivity contribution in [3.05, 3.63) is 28.8 Å². The number of aryl methyl sites for hydroxylation is 1. The summed E-state index contributed by atoms with van der Waals surface area (Å²) < 4.78 is 5.49. The maximum absolute atomic E-state index is 11.6. The second-order valence-electron chi connectivity index (χ2n) is 4.27. The molecular weight excluding hydrogens is 254 g/mol. The van der Waals surface area contributed by atoms with Gasteiger partial charge in [0.2, 0.25) is 0 Å². The number of hydrogen-bond acceptors (Lipinski definition) is 3. The van der Waals surface area contributed by atoms with Crippen LogP contribution in [0.15, 0.2) is 18.2 Å². The van der Waals surface area contributed by atoms with Gasteiger partial charge < -0.3 is 15.2 Å². The smallest absolute Gasteiger partial charge is 0.260 e. The highest BCUT2D eigenvalue weighted by atomic mass is 35.5. The summed E-state index contributed by atoms with van der Waals surface area (Å²) in [5.74, 6) is 0.333. The summed E-state index contributed by atoms with van der Waals surface area (Å²) in [5, 5.41) is 12.3. The molecule has 0 saturated carbocycles. The fourth-order valence-electron chi connectivity index (χ4n) is 1.34. The average Bonchev–Trinajstić information content (AvgIpc) is 2.30. The molecule has 5 heteroatoms. The summed E-state index contributed by atoms with van der Waals surface area (Å²) in [6.07, 6.45) is -1.19. The van der Waals surface area contributed by atoms with Gasteiger partial charge in [-0.15, -0.1) is 0 Å². The summed E-state index contributed by atoms with van der Waals surface area (Å²) in [4.78, 5) is 11.6. The molecule has 0 heterocycles. The first kappa shape index (κ1) is 14.8. The number of halogens is 1. The highest BCUT2D eigenvalue weighted by Crippen LogP contribution is 2.21. The van der Waals surface area contributed by atoms with Crippen molar-refractivity contribution in [1.82, 2.24) is 5.32 Å². The summed E-state index contributed by atoms with van der Waals surface area (Å²) in [7, 11) is 0. The molecule has 4 nitrogen and oxygen atoms in total. The molecule has 2 unspecified atom stereocenters. The number of aliphatic hydroxyl groups excluding tert-OH is 1. The number of rotatable bonds is 5. The Morgan fingerprint density at radius 2 is 2.17 bits per heavy atom. The van der Waals surface area contributed by atoms with Crippen molar-refractivity contribution in [2.24, 2.45) is 0 Å². The molecule has 0 aliphatic heterocycles. The van der Waals surface area contributed by atoms with Gasteiger partial charge in [-0.1, -0.05) is 11.6 Å². The van der Waals surface area contributed by atoms with Crippen molar-refractivity contribution < 1.29 is 14.6 Å². The van der Waals surface area contributed by atoms with Gasteiger partial charge in [-0.2, -0.15) is 0 Å². The van der Waals surface area contributed by atoms with Gasteiger partial charge in [0.1, 0.15) is 5.75 Å². The maximum atomic E-state index is 11.6. The molecule has 0 fully saturated rings. The molecule has 1 amide bonds. The zero-order valence-corrected chi connectivity index (χ0v) is 11.5. The lowest BCUT2D eigenvalue weighted by atomic mass is 10.2. The molecule has 0 aliphatic carbocycles. The SMILES string of the molecule is Cc1cc(OC(C)C(=O)NCC(C)O)ccc1Cl. The summed E-state index contributed by atoms with van der Waals surface area (Å²) >= 11 is 5.90. The van der Waals surface area contributed by atoms with E-state index in [1.165, 1.54) is 0 Å². The molecule has 1 aromatic carbocycles. The van der Waals surface area contributed by atoms with Crippen LogP contribution in [0.3, 0.4) is 0 Å². The minimum absolute atomic E-state index is 0.214. The van der Waals surface area contributed by atoms with Gasteiger partial charge in [-0.3, -0.25) is 4.79 Å². The summed E-state index contributed by atoms with van der Waals surface area (Å²) in [5.41, 5.74) is 0.894. The molecule has 1 aromatic rings. The van der Waals surface area contributed by atoms with Crippen LogP contribution in [0.2, 0.25) is 5.02 Å². The lowest BCUT2D eigenvalue weighted by Gasteiger charge is -2.16.